The second-order valence-corrected chi connectivity index (χ2v) is 5.21. The Labute approximate surface area is 126 Å². The summed E-state index contributed by atoms with van der Waals surface area (Å²) in [6.45, 7) is 3.86. The fraction of sp³-hybridized carbons (Fsp3) is 0.333. The van der Waals surface area contributed by atoms with Gasteiger partial charge in [0, 0.05) is 13.1 Å². The van der Waals surface area contributed by atoms with Crippen molar-refractivity contribution in [2.24, 2.45) is 0 Å². The van der Waals surface area contributed by atoms with Crippen LogP contribution in [0.25, 0.3) is 0 Å². The maximum Gasteiger partial charge on any atom is 0.0916 e. The van der Waals surface area contributed by atoms with E-state index >= 15 is 0 Å². The van der Waals surface area contributed by atoms with E-state index in [0.29, 0.717) is 13.1 Å². The molecule has 0 amide bonds. The highest BCUT2D eigenvalue weighted by atomic mass is 16.3. The van der Waals surface area contributed by atoms with E-state index in [0.717, 1.165) is 17.7 Å². The SMILES string of the molecule is CCN(CC(O)c1ccccc1)CC(O)c1ccccc1. The first-order chi connectivity index (χ1) is 10.2. The minimum atomic E-state index is -0.533. The van der Waals surface area contributed by atoms with Crippen LogP contribution >= 0.6 is 0 Å². The molecule has 0 aliphatic rings. The largest absolute Gasteiger partial charge is 0.387 e. The van der Waals surface area contributed by atoms with Gasteiger partial charge in [0.15, 0.2) is 0 Å². The zero-order chi connectivity index (χ0) is 15.1. The molecule has 0 heterocycles. The summed E-state index contributed by atoms with van der Waals surface area (Å²) >= 11 is 0. The smallest absolute Gasteiger partial charge is 0.0916 e. The third-order valence-electron chi connectivity index (χ3n) is 3.68. The Bertz CT molecular complexity index is 468. The predicted octanol–water partition coefficient (Wildman–Crippen LogP) is 2.78. The second kappa shape index (κ2) is 7.93. The number of hydrogen-bond acceptors (Lipinski definition) is 3. The third kappa shape index (κ3) is 4.67. The quantitative estimate of drug-likeness (QED) is 0.822. The lowest BCUT2D eigenvalue weighted by Crippen LogP contribution is -2.32. The Morgan fingerprint density at radius 2 is 1.14 bits per heavy atom. The highest BCUT2D eigenvalue weighted by Gasteiger charge is 2.16. The van der Waals surface area contributed by atoms with Crippen LogP contribution in [0.4, 0.5) is 0 Å². The second-order valence-electron chi connectivity index (χ2n) is 5.21. The molecule has 2 aromatic carbocycles. The Morgan fingerprint density at radius 1 is 0.762 bits per heavy atom. The maximum atomic E-state index is 10.3. The molecule has 3 heteroatoms. The Kier molecular flexibility index (Phi) is 5.93. The molecule has 112 valence electrons. The molecule has 0 radical (unpaired) electrons. The van der Waals surface area contributed by atoms with Gasteiger partial charge in [0.2, 0.25) is 0 Å². The van der Waals surface area contributed by atoms with E-state index in [4.69, 9.17) is 0 Å². The van der Waals surface area contributed by atoms with E-state index in [1.54, 1.807) is 0 Å². The van der Waals surface area contributed by atoms with Crippen molar-refractivity contribution in [3.8, 4) is 0 Å². The van der Waals surface area contributed by atoms with Crippen LogP contribution < -0.4 is 0 Å². The monoisotopic (exact) mass is 285 g/mol. The van der Waals surface area contributed by atoms with Crippen LogP contribution in [0.5, 0.6) is 0 Å². The molecular weight excluding hydrogens is 262 g/mol. The number of aliphatic hydroxyl groups is 2. The molecule has 2 N–H and O–H groups in total. The minimum Gasteiger partial charge on any atom is -0.387 e. The number of nitrogens with zero attached hydrogens (tertiary/aromatic N) is 1. The Morgan fingerprint density at radius 3 is 1.48 bits per heavy atom. The number of aliphatic hydroxyl groups excluding tert-OH is 2. The van der Waals surface area contributed by atoms with Gasteiger partial charge in [0.1, 0.15) is 0 Å². The summed E-state index contributed by atoms with van der Waals surface area (Å²) in [6.07, 6.45) is -1.07. The summed E-state index contributed by atoms with van der Waals surface area (Å²) < 4.78 is 0. The molecule has 2 atom stereocenters. The number of rotatable bonds is 7. The van der Waals surface area contributed by atoms with E-state index in [2.05, 4.69) is 4.90 Å². The number of hydrogen-bond donors (Lipinski definition) is 2. The van der Waals surface area contributed by atoms with Crippen molar-refractivity contribution >= 4 is 0 Å². The molecule has 0 aliphatic carbocycles. The van der Waals surface area contributed by atoms with Crippen LogP contribution in [0.2, 0.25) is 0 Å². The van der Waals surface area contributed by atoms with Crippen LogP contribution in [0.3, 0.4) is 0 Å². The van der Waals surface area contributed by atoms with Gasteiger partial charge < -0.3 is 10.2 Å². The van der Waals surface area contributed by atoms with Crippen LogP contribution in [-0.2, 0) is 0 Å². The third-order valence-corrected chi connectivity index (χ3v) is 3.68. The van der Waals surface area contributed by atoms with Crippen LogP contribution in [0.1, 0.15) is 30.3 Å². The molecule has 0 saturated heterocycles. The molecule has 21 heavy (non-hydrogen) atoms. The van der Waals surface area contributed by atoms with Gasteiger partial charge in [-0.2, -0.15) is 0 Å². The predicted molar refractivity (Wildman–Crippen MR) is 84.9 cm³/mol. The molecular formula is C18H23NO2. The van der Waals surface area contributed by atoms with Gasteiger partial charge in [-0.25, -0.2) is 0 Å². The molecule has 3 nitrogen and oxygen atoms in total. The summed E-state index contributed by atoms with van der Waals surface area (Å²) in [5.74, 6) is 0. The van der Waals surface area contributed by atoms with E-state index in [1.807, 2.05) is 67.6 Å². The Balaban J connectivity index is 1.94. The first kappa shape index (κ1) is 15.7. The van der Waals surface area contributed by atoms with Crippen molar-refractivity contribution in [2.45, 2.75) is 19.1 Å². The zero-order valence-electron chi connectivity index (χ0n) is 12.4. The summed E-state index contributed by atoms with van der Waals surface area (Å²) in [6, 6.07) is 19.3. The van der Waals surface area contributed by atoms with Crippen molar-refractivity contribution in [2.75, 3.05) is 19.6 Å². The average molecular weight is 285 g/mol. The summed E-state index contributed by atoms with van der Waals surface area (Å²) in [5, 5.41) is 20.6. The summed E-state index contributed by atoms with van der Waals surface area (Å²) in [4.78, 5) is 2.06. The maximum absolute atomic E-state index is 10.3. The summed E-state index contributed by atoms with van der Waals surface area (Å²) in [5.41, 5.74) is 1.82. The van der Waals surface area contributed by atoms with Crippen LogP contribution in [-0.4, -0.2) is 34.7 Å². The molecule has 0 saturated carbocycles. The van der Waals surface area contributed by atoms with Gasteiger partial charge in [0.05, 0.1) is 12.2 Å². The highest BCUT2D eigenvalue weighted by molar-refractivity contribution is 5.19. The minimum absolute atomic E-state index is 0.518. The van der Waals surface area contributed by atoms with E-state index in [1.165, 1.54) is 0 Å². The van der Waals surface area contributed by atoms with Crippen molar-refractivity contribution in [1.29, 1.82) is 0 Å². The van der Waals surface area contributed by atoms with Gasteiger partial charge in [-0.05, 0) is 17.7 Å². The fourth-order valence-corrected chi connectivity index (χ4v) is 2.38. The van der Waals surface area contributed by atoms with Gasteiger partial charge >= 0.3 is 0 Å². The van der Waals surface area contributed by atoms with Gasteiger partial charge in [-0.3, -0.25) is 4.90 Å². The van der Waals surface area contributed by atoms with Gasteiger partial charge in [-0.15, -0.1) is 0 Å². The average Bonchev–Trinajstić information content (AvgIpc) is 2.55. The molecule has 2 unspecified atom stereocenters. The van der Waals surface area contributed by atoms with Crippen molar-refractivity contribution in [3.63, 3.8) is 0 Å². The summed E-state index contributed by atoms with van der Waals surface area (Å²) in [7, 11) is 0. The zero-order valence-corrected chi connectivity index (χ0v) is 12.4. The molecule has 2 aromatic rings. The topological polar surface area (TPSA) is 43.7 Å². The lowest BCUT2D eigenvalue weighted by Gasteiger charge is -2.26. The molecule has 0 aromatic heterocycles. The lowest BCUT2D eigenvalue weighted by molar-refractivity contribution is 0.0718. The van der Waals surface area contributed by atoms with Crippen LogP contribution in [0.15, 0.2) is 60.7 Å². The van der Waals surface area contributed by atoms with E-state index in [9.17, 15) is 10.2 Å². The van der Waals surface area contributed by atoms with Crippen LogP contribution in [0, 0.1) is 0 Å². The van der Waals surface area contributed by atoms with Crippen molar-refractivity contribution in [1.82, 2.24) is 4.90 Å². The first-order valence-corrected chi connectivity index (χ1v) is 7.39. The molecule has 2 rings (SSSR count). The number of likely N-dealkylation sites (N-methyl/N-ethyl adjacent to an activating group) is 1. The van der Waals surface area contributed by atoms with Gasteiger partial charge in [0.25, 0.3) is 0 Å². The van der Waals surface area contributed by atoms with Crippen molar-refractivity contribution in [3.05, 3.63) is 71.8 Å². The number of benzene rings is 2. The van der Waals surface area contributed by atoms with Gasteiger partial charge in [-0.1, -0.05) is 67.6 Å². The van der Waals surface area contributed by atoms with E-state index in [-0.39, 0.29) is 0 Å². The lowest BCUT2D eigenvalue weighted by atomic mass is 10.1. The Hall–Kier alpha value is -1.68. The van der Waals surface area contributed by atoms with E-state index < -0.39 is 12.2 Å². The molecule has 0 aliphatic heterocycles. The highest BCUT2D eigenvalue weighted by Crippen LogP contribution is 2.17. The molecule has 0 bridgehead atoms. The first-order valence-electron chi connectivity index (χ1n) is 7.39. The fourth-order valence-electron chi connectivity index (χ4n) is 2.38. The molecule has 0 spiro atoms. The normalized spacial score (nSPS) is 14.1. The van der Waals surface area contributed by atoms with Crippen molar-refractivity contribution < 1.29 is 10.2 Å². The standard InChI is InChI=1S/C18H23NO2/c1-2-19(13-17(20)15-9-5-3-6-10-15)14-18(21)16-11-7-4-8-12-16/h3-12,17-18,20-21H,2,13-14H2,1H3. The molecule has 0 fully saturated rings.